The number of nitrogen functional groups attached to an aromatic ring is 1. The van der Waals surface area contributed by atoms with Crippen LogP contribution in [0.4, 0.5) is 24.8 Å². The van der Waals surface area contributed by atoms with Gasteiger partial charge in [-0.1, -0.05) is 6.07 Å². The maximum atomic E-state index is 12.7. The van der Waals surface area contributed by atoms with Gasteiger partial charge < -0.3 is 5.73 Å². The van der Waals surface area contributed by atoms with Crippen LogP contribution in [0.1, 0.15) is 15.9 Å². The lowest BCUT2D eigenvalue weighted by Gasteiger charge is -2.13. The van der Waals surface area contributed by atoms with Crippen LogP contribution in [0.15, 0.2) is 24.5 Å². The molecule has 0 spiro atoms. The zero-order chi connectivity index (χ0) is 14.9. The summed E-state index contributed by atoms with van der Waals surface area (Å²) in [7, 11) is 1.53. The van der Waals surface area contributed by atoms with Crippen LogP contribution < -0.4 is 11.1 Å². The number of nitrogens with two attached hydrogens (primary N) is 1. The summed E-state index contributed by atoms with van der Waals surface area (Å²) in [5, 5.41) is 6.05. The van der Waals surface area contributed by atoms with Crippen molar-refractivity contribution in [2.45, 2.75) is 6.18 Å². The van der Waals surface area contributed by atoms with Crippen molar-refractivity contribution >= 4 is 17.5 Å². The first-order valence-corrected chi connectivity index (χ1v) is 5.41. The zero-order valence-corrected chi connectivity index (χ0v) is 10.3. The number of carbonyl (C=O) groups excluding carboxylic acids is 1. The summed E-state index contributed by atoms with van der Waals surface area (Å²) in [5.74, 6) is -0.684. The lowest BCUT2D eigenvalue weighted by molar-refractivity contribution is -0.136. The van der Waals surface area contributed by atoms with Crippen molar-refractivity contribution in [1.29, 1.82) is 0 Å². The number of anilines is 2. The number of halogens is 3. The molecule has 0 radical (unpaired) electrons. The lowest BCUT2D eigenvalue weighted by Crippen LogP contribution is -2.19. The van der Waals surface area contributed by atoms with Crippen molar-refractivity contribution in [3.8, 4) is 0 Å². The number of aryl methyl sites for hydroxylation is 1. The molecule has 1 aromatic heterocycles. The molecule has 20 heavy (non-hydrogen) atoms. The number of hydrogen-bond donors (Lipinski definition) is 2. The summed E-state index contributed by atoms with van der Waals surface area (Å²) in [5.41, 5.74) is 3.46. The predicted octanol–water partition coefficient (Wildman–Crippen LogP) is 1.67. The molecule has 0 bridgehead atoms. The van der Waals surface area contributed by atoms with Crippen molar-refractivity contribution in [3.63, 3.8) is 0 Å². The Morgan fingerprint density at radius 3 is 2.65 bits per heavy atom. The van der Waals surface area contributed by atoms with Gasteiger partial charge in [-0.05, 0) is 12.1 Å². The van der Waals surface area contributed by atoms with Gasteiger partial charge in [0.15, 0.2) is 0 Å². The Balaban J connectivity index is 2.34. The van der Waals surface area contributed by atoms with Crippen LogP contribution in [-0.4, -0.2) is 20.7 Å². The normalized spacial score (nSPS) is 11.4. The molecular weight excluding hydrogens is 275 g/mol. The minimum absolute atomic E-state index is 0.104. The Bertz CT molecular complexity index is 650. The van der Waals surface area contributed by atoms with E-state index in [1.807, 2.05) is 0 Å². The van der Waals surface area contributed by atoms with Crippen LogP contribution in [0, 0.1) is 0 Å². The van der Waals surface area contributed by atoms with Gasteiger partial charge in [0.1, 0.15) is 6.33 Å². The molecule has 2 aromatic rings. The van der Waals surface area contributed by atoms with Crippen LogP contribution in [0.25, 0.3) is 0 Å². The van der Waals surface area contributed by atoms with Crippen molar-refractivity contribution in [1.82, 2.24) is 14.8 Å². The number of hydrogen-bond acceptors (Lipinski definition) is 4. The van der Waals surface area contributed by atoms with Gasteiger partial charge in [0.2, 0.25) is 5.95 Å². The Labute approximate surface area is 111 Å². The maximum Gasteiger partial charge on any atom is 0.418 e. The third kappa shape index (κ3) is 2.56. The highest BCUT2D eigenvalue weighted by Crippen LogP contribution is 2.35. The summed E-state index contributed by atoms with van der Waals surface area (Å²) in [4.78, 5) is 15.7. The molecule has 9 heteroatoms. The topological polar surface area (TPSA) is 85.8 Å². The number of alkyl halides is 3. The molecule has 1 heterocycles. The number of para-hydroxylation sites is 1. The molecule has 1 amide bonds. The van der Waals surface area contributed by atoms with E-state index in [4.69, 9.17) is 5.73 Å². The van der Waals surface area contributed by atoms with Gasteiger partial charge in [0, 0.05) is 7.05 Å². The summed E-state index contributed by atoms with van der Waals surface area (Å²) in [6.07, 6.45) is -3.42. The molecule has 0 unspecified atom stereocenters. The van der Waals surface area contributed by atoms with Gasteiger partial charge in [-0.2, -0.15) is 23.3 Å². The molecule has 0 saturated carbocycles. The standard InChI is InChI=1S/C11H10F3N5O/c1-19-10(16-5-17-19)18-9(20)6-3-2-4-7(8(6)15)11(12,13)14/h2-5H,15H2,1H3,(H,16,17,18,20). The van der Waals surface area contributed by atoms with Crippen LogP contribution in [-0.2, 0) is 13.2 Å². The summed E-state index contributed by atoms with van der Waals surface area (Å²) >= 11 is 0. The Hall–Kier alpha value is -2.58. The monoisotopic (exact) mass is 285 g/mol. The minimum atomic E-state index is -4.62. The second-order valence-corrected chi connectivity index (χ2v) is 3.93. The van der Waals surface area contributed by atoms with E-state index in [-0.39, 0.29) is 11.5 Å². The van der Waals surface area contributed by atoms with Crippen LogP contribution in [0.3, 0.4) is 0 Å². The molecule has 1 aromatic carbocycles. The Kier molecular flexibility index (Phi) is 3.35. The third-order valence-corrected chi connectivity index (χ3v) is 2.59. The minimum Gasteiger partial charge on any atom is -0.398 e. The fourth-order valence-electron chi connectivity index (χ4n) is 1.59. The summed E-state index contributed by atoms with van der Waals surface area (Å²) in [6.45, 7) is 0. The first kappa shape index (κ1) is 13.8. The van der Waals surface area contributed by atoms with E-state index >= 15 is 0 Å². The van der Waals surface area contributed by atoms with Gasteiger partial charge in [0.05, 0.1) is 16.8 Å². The highest BCUT2D eigenvalue weighted by atomic mass is 19.4. The average molecular weight is 285 g/mol. The lowest BCUT2D eigenvalue weighted by atomic mass is 10.1. The van der Waals surface area contributed by atoms with E-state index < -0.39 is 23.3 Å². The largest absolute Gasteiger partial charge is 0.418 e. The molecule has 0 aliphatic rings. The van der Waals surface area contributed by atoms with Crippen molar-refractivity contribution in [2.75, 3.05) is 11.1 Å². The van der Waals surface area contributed by atoms with Gasteiger partial charge in [-0.15, -0.1) is 0 Å². The number of nitrogens with one attached hydrogen (secondary N) is 1. The van der Waals surface area contributed by atoms with Crippen molar-refractivity contribution in [3.05, 3.63) is 35.7 Å². The molecule has 106 valence electrons. The van der Waals surface area contributed by atoms with E-state index in [0.717, 1.165) is 12.1 Å². The molecule has 0 atom stereocenters. The van der Waals surface area contributed by atoms with E-state index in [1.54, 1.807) is 0 Å². The number of rotatable bonds is 2. The SMILES string of the molecule is Cn1ncnc1NC(=O)c1cccc(C(F)(F)F)c1N. The summed E-state index contributed by atoms with van der Waals surface area (Å²) in [6, 6.07) is 3.13. The van der Waals surface area contributed by atoms with Crippen LogP contribution >= 0.6 is 0 Å². The number of nitrogens with zero attached hydrogens (tertiary/aromatic N) is 3. The van der Waals surface area contributed by atoms with Gasteiger partial charge in [0.25, 0.3) is 5.91 Å². The molecule has 6 nitrogen and oxygen atoms in total. The Morgan fingerprint density at radius 2 is 2.10 bits per heavy atom. The molecule has 0 aliphatic carbocycles. The highest BCUT2D eigenvalue weighted by molar-refractivity contribution is 6.07. The summed E-state index contributed by atoms with van der Waals surface area (Å²) < 4.78 is 39.4. The van der Waals surface area contributed by atoms with Gasteiger partial charge in [-0.3, -0.25) is 10.1 Å². The quantitative estimate of drug-likeness (QED) is 0.822. The molecule has 0 fully saturated rings. The van der Waals surface area contributed by atoms with Crippen LogP contribution in [0.2, 0.25) is 0 Å². The number of aromatic nitrogens is 3. The second kappa shape index (κ2) is 4.83. The second-order valence-electron chi connectivity index (χ2n) is 3.93. The molecule has 0 aliphatic heterocycles. The molecule has 2 rings (SSSR count). The smallest absolute Gasteiger partial charge is 0.398 e. The van der Waals surface area contributed by atoms with Crippen molar-refractivity contribution < 1.29 is 18.0 Å². The highest BCUT2D eigenvalue weighted by Gasteiger charge is 2.34. The first-order chi connectivity index (χ1) is 9.30. The van der Waals surface area contributed by atoms with Crippen molar-refractivity contribution in [2.24, 2.45) is 7.05 Å². The number of carbonyl (C=O) groups is 1. The fraction of sp³-hybridized carbons (Fsp3) is 0.182. The van der Waals surface area contributed by atoms with Gasteiger partial charge in [-0.25, -0.2) is 4.68 Å². The van der Waals surface area contributed by atoms with E-state index in [2.05, 4.69) is 15.4 Å². The van der Waals surface area contributed by atoms with E-state index in [1.165, 1.54) is 24.1 Å². The first-order valence-electron chi connectivity index (χ1n) is 5.41. The molecular formula is C11H10F3N5O. The average Bonchev–Trinajstić information content (AvgIpc) is 2.73. The number of amides is 1. The van der Waals surface area contributed by atoms with Gasteiger partial charge >= 0.3 is 6.18 Å². The van der Waals surface area contributed by atoms with E-state index in [9.17, 15) is 18.0 Å². The maximum absolute atomic E-state index is 12.7. The molecule has 0 saturated heterocycles. The fourth-order valence-corrected chi connectivity index (χ4v) is 1.59. The zero-order valence-electron chi connectivity index (χ0n) is 10.3. The Morgan fingerprint density at radius 1 is 1.40 bits per heavy atom. The third-order valence-electron chi connectivity index (χ3n) is 2.59. The van der Waals surface area contributed by atoms with E-state index in [0.29, 0.717) is 0 Å². The number of benzene rings is 1. The van der Waals surface area contributed by atoms with Crippen LogP contribution in [0.5, 0.6) is 0 Å². The predicted molar refractivity (Wildman–Crippen MR) is 64.8 cm³/mol. The molecule has 3 N–H and O–H groups in total.